The summed E-state index contributed by atoms with van der Waals surface area (Å²) in [5, 5.41) is 0. The van der Waals surface area contributed by atoms with Gasteiger partial charge in [0.05, 0.1) is 0 Å². The van der Waals surface area contributed by atoms with Crippen molar-refractivity contribution in [1.82, 2.24) is 14.9 Å². The number of rotatable bonds is 3. The average Bonchev–Trinajstić information content (AvgIpc) is 2.89. The first-order chi connectivity index (χ1) is 9.78. The molecule has 1 atom stereocenters. The molecule has 2 aliphatic heterocycles. The third-order valence-corrected chi connectivity index (χ3v) is 4.63. The summed E-state index contributed by atoms with van der Waals surface area (Å²) < 4.78 is 0. The van der Waals surface area contributed by atoms with Crippen LogP contribution in [0.4, 0.5) is 5.95 Å². The van der Waals surface area contributed by atoms with Crippen LogP contribution in [0.25, 0.3) is 0 Å². The van der Waals surface area contributed by atoms with Gasteiger partial charge in [-0.3, -0.25) is 4.79 Å². The Hall–Kier alpha value is -1.36. The highest BCUT2D eigenvalue weighted by atomic mass is 35.5. The van der Waals surface area contributed by atoms with Crippen molar-refractivity contribution in [3.8, 4) is 0 Å². The number of hydrogen-bond donors (Lipinski definition) is 0. The first kappa shape index (κ1) is 13.6. The lowest BCUT2D eigenvalue weighted by Crippen LogP contribution is -2.46. The van der Waals surface area contributed by atoms with Crippen LogP contribution in [0.3, 0.4) is 0 Å². The first-order valence-corrected chi connectivity index (χ1v) is 7.69. The molecule has 1 amide bonds. The Labute approximate surface area is 123 Å². The molecule has 0 spiro atoms. The molecule has 0 N–H and O–H groups in total. The molecule has 0 radical (unpaired) electrons. The summed E-state index contributed by atoms with van der Waals surface area (Å²) in [5.41, 5.74) is 0. The van der Waals surface area contributed by atoms with Crippen molar-refractivity contribution >= 4 is 23.5 Å². The minimum atomic E-state index is 0.269. The lowest BCUT2D eigenvalue weighted by molar-refractivity contribution is -0.130. The van der Waals surface area contributed by atoms with Crippen LogP contribution in [0.5, 0.6) is 0 Å². The second-order valence-electron chi connectivity index (χ2n) is 5.54. The largest absolute Gasteiger partial charge is 0.341 e. The number of anilines is 1. The van der Waals surface area contributed by atoms with Crippen molar-refractivity contribution in [3.05, 3.63) is 18.5 Å². The van der Waals surface area contributed by atoms with E-state index < -0.39 is 0 Å². The summed E-state index contributed by atoms with van der Waals surface area (Å²) in [6.07, 6.45) is 6.12. The van der Waals surface area contributed by atoms with Gasteiger partial charge in [-0.25, -0.2) is 9.97 Å². The summed E-state index contributed by atoms with van der Waals surface area (Å²) in [6, 6.07) is 2.18. The zero-order valence-electron chi connectivity index (χ0n) is 11.4. The summed E-state index contributed by atoms with van der Waals surface area (Å²) in [6.45, 7) is 2.64. The van der Waals surface area contributed by atoms with Crippen LogP contribution in [-0.4, -0.2) is 52.3 Å². The normalized spacial score (nSPS) is 24.4. The highest BCUT2D eigenvalue weighted by Gasteiger charge is 2.35. The summed E-state index contributed by atoms with van der Waals surface area (Å²) in [7, 11) is 0. The quantitative estimate of drug-likeness (QED) is 0.794. The van der Waals surface area contributed by atoms with Gasteiger partial charge in [-0.1, -0.05) is 0 Å². The predicted molar refractivity (Wildman–Crippen MR) is 77.8 cm³/mol. The van der Waals surface area contributed by atoms with E-state index in [0.29, 0.717) is 24.3 Å². The number of aromatic nitrogens is 2. The maximum atomic E-state index is 12.0. The van der Waals surface area contributed by atoms with Gasteiger partial charge in [0.25, 0.3) is 0 Å². The molecule has 3 rings (SSSR count). The van der Waals surface area contributed by atoms with Crippen molar-refractivity contribution in [1.29, 1.82) is 0 Å². The highest BCUT2D eigenvalue weighted by Crippen LogP contribution is 2.26. The fourth-order valence-electron chi connectivity index (χ4n) is 3.10. The van der Waals surface area contributed by atoms with Gasteiger partial charge in [0, 0.05) is 50.4 Å². The number of piperidine rings is 1. The second kappa shape index (κ2) is 5.95. The van der Waals surface area contributed by atoms with Crippen LogP contribution in [0.15, 0.2) is 18.5 Å². The number of hydrogen-bond acceptors (Lipinski definition) is 4. The minimum Gasteiger partial charge on any atom is -0.341 e. The molecule has 1 aromatic heterocycles. The minimum absolute atomic E-state index is 0.269. The third kappa shape index (κ3) is 2.73. The number of nitrogens with zero attached hydrogens (tertiary/aromatic N) is 4. The molecule has 0 aliphatic carbocycles. The predicted octanol–water partition coefficient (Wildman–Crippen LogP) is 1.53. The van der Waals surface area contributed by atoms with Crippen LogP contribution in [0.1, 0.15) is 19.3 Å². The maximum absolute atomic E-state index is 12.0. The van der Waals surface area contributed by atoms with Crippen molar-refractivity contribution in [2.45, 2.75) is 25.3 Å². The average molecular weight is 295 g/mol. The molecular weight excluding hydrogens is 276 g/mol. The molecule has 1 aromatic rings. The number of carbonyl (C=O) groups is 1. The lowest BCUT2D eigenvalue weighted by atomic mass is 10.0. The van der Waals surface area contributed by atoms with E-state index in [2.05, 4.69) is 14.9 Å². The number of carbonyl (C=O) groups excluding carboxylic acids is 1. The van der Waals surface area contributed by atoms with E-state index in [1.807, 2.05) is 11.0 Å². The smallest absolute Gasteiger partial charge is 0.225 e. The van der Waals surface area contributed by atoms with E-state index in [4.69, 9.17) is 11.6 Å². The molecule has 20 heavy (non-hydrogen) atoms. The number of alkyl halides is 1. The second-order valence-corrected chi connectivity index (χ2v) is 5.85. The molecule has 2 aliphatic rings. The highest BCUT2D eigenvalue weighted by molar-refractivity contribution is 6.18. The van der Waals surface area contributed by atoms with Crippen LogP contribution in [-0.2, 0) is 4.79 Å². The third-order valence-electron chi connectivity index (χ3n) is 4.20. The van der Waals surface area contributed by atoms with E-state index in [0.717, 1.165) is 38.4 Å². The van der Waals surface area contributed by atoms with Crippen LogP contribution >= 0.6 is 11.6 Å². The Bertz CT molecular complexity index is 462. The fourth-order valence-corrected chi connectivity index (χ4v) is 3.30. The molecule has 2 saturated heterocycles. The zero-order chi connectivity index (χ0) is 13.9. The number of likely N-dealkylation sites (tertiary alicyclic amines) is 1. The summed E-state index contributed by atoms with van der Waals surface area (Å²) >= 11 is 5.88. The van der Waals surface area contributed by atoms with Gasteiger partial charge in [0.1, 0.15) is 0 Å². The Morgan fingerprint density at radius 3 is 2.55 bits per heavy atom. The Morgan fingerprint density at radius 2 is 1.95 bits per heavy atom. The summed E-state index contributed by atoms with van der Waals surface area (Å²) in [4.78, 5) is 24.8. The fraction of sp³-hybridized carbons (Fsp3) is 0.643. The Morgan fingerprint density at radius 1 is 1.25 bits per heavy atom. The van der Waals surface area contributed by atoms with Crippen molar-refractivity contribution in [3.63, 3.8) is 0 Å². The van der Waals surface area contributed by atoms with Gasteiger partial charge >= 0.3 is 0 Å². The molecule has 0 saturated carbocycles. The lowest BCUT2D eigenvalue weighted by Gasteiger charge is -2.36. The van der Waals surface area contributed by atoms with E-state index in [1.54, 1.807) is 12.4 Å². The molecule has 5 nitrogen and oxygen atoms in total. The van der Waals surface area contributed by atoms with Crippen LogP contribution in [0.2, 0.25) is 0 Å². The van der Waals surface area contributed by atoms with Gasteiger partial charge in [0.2, 0.25) is 11.9 Å². The molecule has 6 heteroatoms. The van der Waals surface area contributed by atoms with E-state index >= 15 is 0 Å². The van der Waals surface area contributed by atoms with Crippen molar-refractivity contribution in [2.24, 2.45) is 5.92 Å². The number of halogens is 1. The molecule has 2 fully saturated rings. The molecule has 108 valence electrons. The molecule has 0 bridgehead atoms. The van der Waals surface area contributed by atoms with E-state index in [9.17, 15) is 4.79 Å². The van der Waals surface area contributed by atoms with E-state index in [1.165, 1.54) is 0 Å². The topological polar surface area (TPSA) is 49.3 Å². The van der Waals surface area contributed by atoms with Crippen LogP contribution < -0.4 is 4.90 Å². The molecule has 0 aromatic carbocycles. The van der Waals surface area contributed by atoms with Gasteiger partial charge < -0.3 is 9.80 Å². The Kier molecular flexibility index (Phi) is 4.05. The molecular formula is C14H19ClN4O. The van der Waals surface area contributed by atoms with Crippen molar-refractivity contribution in [2.75, 3.05) is 30.4 Å². The maximum Gasteiger partial charge on any atom is 0.225 e. The zero-order valence-corrected chi connectivity index (χ0v) is 12.2. The van der Waals surface area contributed by atoms with Crippen molar-refractivity contribution < 1.29 is 4.79 Å². The summed E-state index contributed by atoms with van der Waals surface area (Å²) in [5.74, 6) is 1.97. The Balaban J connectivity index is 1.58. The number of amides is 1. The SMILES string of the molecule is O=C1CC(CCl)CN1C1CCN(c2ncccn2)CC1. The monoisotopic (exact) mass is 294 g/mol. The van der Waals surface area contributed by atoms with E-state index in [-0.39, 0.29) is 5.91 Å². The standard InChI is InChI=1S/C14H19ClN4O/c15-9-11-8-13(20)19(10-11)12-2-6-18(7-3-12)14-16-4-1-5-17-14/h1,4-5,11-12H,2-3,6-10H2. The van der Waals surface area contributed by atoms with Gasteiger partial charge in [0.15, 0.2) is 0 Å². The van der Waals surface area contributed by atoms with Gasteiger partial charge in [-0.05, 0) is 24.8 Å². The van der Waals surface area contributed by atoms with Crippen LogP contribution in [0, 0.1) is 5.92 Å². The van der Waals surface area contributed by atoms with Gasteiger partial charge in [-0.15, -0.1) is 11.6 Å². The first-order valence-electron chi connectivity index (χ1n) is 7.15. The molecule has 1 unspecified atom stereocenters. The van der Waals surface area contributed by atoms with Gasteiger partial charge in [-0.2, -0.15) is 0 Å². The molecule has 3 heterocycles.